The summed E-state index contributed by atoms with van der Waals surface area (Å²) in [6, 6.07) is 28.8. The maximum Gasteiger partial charge on any atom is 0.220 e. The standard InChI is InChI=1S/C26H25N3O/c30-26(16-13-21-7-2-1-3-8-21)27-19-24-9-4-5-10-25(24)23-14-11-22(12-15-23)20-29-18-6-17-28-29/h1-12,14-15,17-18H,13,16,19-20H2,(H,27,30). The molecule has 0 unspecified atom stereocenters. The first-order valence-corrected chi connectivity index (χ1v) is 10.2. The number of nitrogens with zero attached hydrogens (tertiary/aromatic N) is 2. The topological polar surface area (TPSA) is 46.9 Å². The molecule has 150 valence electrons. The monoisotopic (exact) mass is 395 g/mol. The second-order valence-corrected chi connectivity index (χ2v) is 7.32. The molecular weight excluding hydrogens is 370 g/mol. The lowest BCUT2D eigenvalue weighted by Crippen LogP contribution is -2.23. The van der Waals surface area contributed by atoms with E-state index in [2.05, 4.69) is 58.9 Å². The van der Waals surface area contributed by atoms with Gasteiger partial charge in [0.25, 0.3) is 0 Å². The summed E-state index contributed by atoms with van der Waals surface area (Å²) in [5.74, 6) is 0.0724. The Bertz CT molecular complexity index is 1070. The molecule has 0 saturated carbocycles. The molecule has 0 aliphatic carbocycles. The summed E-state index contributed by atoms with van der Waals surface area (Å²) < 4.78 is 1.91. The van der Waals surface area contributed by atoms with Crippen LogP contribution in [0.15, 0.2) is 97.3 Å². The number of aryl methyl sites for hydroxylation is 1. The Morgan fingerprint density at radius 3 is 2.37 bits per heavy atom. The quantitative estimate of drug-likeness (QED) is 0.464. The van der Waals surface area contributed by atoms with Crippen molar-refractivity contribution in [2.45, 2.75) is 25.9 Å². The van der Waals surface area contributed by atoms with Gasteiger partial charge in [-0.3, -0.25) is 9.48 Å². The SMILES string of the molecule is O=C(CCc1ccccc1)NCc1ccccc1-c1ccc(Cn2cccn2)cc1. The van der Waals surface area contributed by atoms with Gasteiger partial charge in [-0.25, -0.2) is 0 Å². The Labute approximate surface area is 177 Å². The van der Waals surface area contributed by atoms with Gasteiger partial charge < -0.3 is 5.32 Å². The molecule has 4 rings (SSSR count). The molecule has 30 heavy (non-hydrogen) atoms. The van der Waals surface area contributed by atoms with Gasteiger partial charge in [-0.15, -0.1) is 0 Å². The zero-order chi connectivity index (χ0) is 20.6. The molecule has 4 aromatic rings. The largest absolute Gasteiger partial charge is 0.352 e. The van der Waals surface area contributed by atoms with Crippen molar-refractivity contribution < 1.29 is 4.79 Å². The number of carbonyl (C=O) groups is 1. The van der Waals surface area contributed by atoms with Crippen molar-refractivity contribution in [2.24, 2.45) is 0 Å². The van der Waals surface area contributed by atoms with Crippen LogP contribution < -0.4 is 5.32 Å². The molecule has 1 amide bonds. The molecule has 4 nitrogen and oxygen atoms in total. The summed E-state index contributed by atoms with van der Waals surface area (Å²) in [6.45, 7) is 1.28. The van der Waals surface area contributed by atoms with E-state index in [1.54, 1.807) is 6.20 Å². The number of benzene rings is 3. The molecule has 0 fully saturated rings. The third-order valence-electron chi connectivity index (χ3n) is 5.15. The molecule has 0 saturated heterocycles. The minimum absolute atomic E-state index is 0.0724. The molecule has 3 aromatic carbocycles. The molecule has 0 bridgehead atoms. The van der Waals surface area contributed by atoms with Gasteiger partial charge in [0.1, 0.15) is 0 Å². The fourth-order valence-corrected chi connectivity index (χ4v) is 3.51. The molecule has 0 radical (unpaired) electrons. The van der Waals surface area contributed by atoms with Crippen LogP contribution in [0.2, 0.25) is 0 Å². The van der Waals surface area contributed by atoms with Crippen LogP contribution in [0.5, 0.6) is 0 Å². The van der Waals surface area contributed by atoms with Crippen molar-refractivity contribution in [3.8, 4) is 11.1 Å². The van der Waals surface area contributed by atoms with E-state index in [1.807, 2.05) is 47.3 Å². The Morgan fingerprint density at radius 1 is 0.833 bits per heavy atom. The van der Waals surface area contributed by atoms with Crippen LogP contribution in [-0.2, 0) is 24.3 Å². The van der Waals surface area contributed by atoms with Crippen LogP contribution >= 0.6 is 0 Å². The minimum atomic E-state index is 0.0724. The highest BCUT2D eigenvalue weighted by Gasteiger charge is 2.07. The van der Waals surface area contributed by atoms with Crippen molar-refractivity contribution in [1.82, 2.24) is 15.1 Å². The van der Waals surface area contributed by atoms with E-state index in [9.17, 15) is 4.79 Å². The summed E-state index contributed by atoms with van der Waals surface area (Å²) in [5.41, 5.74) is 5.79. The van der Waals surface area contributed by atoms with E-state index in [-0.39, 0.29) is 5.91 Å². The molecule has 0 spiro atoms. The fraction of sp³-hybridized carbons (Fsp3) is 0.154. The number of nitrogens with one attached hydrogen (secondary N) is 1. The number of carbonyl (C=O) groups excluding carboxylic acids is 1. The minimum Gasteiger partial charge on any atom is -0.352 e. The lowest BCUT2D eigenvalue weighted by Gasteiger charge is -2.12. The number of hydrogen-bond acceptors (Lipinski definition) is 2. The average Bonchev–Trinajstić information content (AvgIpc) is 3.31. The van der Waals surface area contributed by atoms with Crippen LogP contribution in [0.25, 0.3) is 11.1 Å². The molecule has 1 aromatic heterocycles. The lowest BCUT2D eigenvalue weighted by molar-refractivity contribution is -0.121. The van der Waals surface area contributed by atoms with Gasteiger partial charge in [0, 0.05) is 25.4 Å². The summed E-state index contributed by atoms with van der Waals surface area (Å²) in [6.07, 6.45) is 5.00. The molecule has 0 aliphatic heterocycles. The number of rotatable bonds is 8. The maximum atomic E-state index is 12.3. The molecule has 4 heteroatoms. The average molecular weight is 396 g/mol. The maximum absolute atomic E-state index is 12.3. The van der Waals surface area contributed by atoms with Crippen LogP contribution in [0.3, 0.4) is 0 Å². The van der Waals surface area contributed by atoms with E-state index in [1.165, 1.54) is 11.1 Å². The number of hydrogen-bond donors (Lipinski definition) is 1. The third kappa shape index (κ3) is 5.23. The molecule has 1 N–H and O–H groups in total. The third-order valence-corrected chi connectivity index (χ3v) is 5.15. The van der Waals surface area contributed by atoms with Crippen molar-refractivity contribution in [3.63, 3.8) is 0 Å². The van der Waals surface area contributed by atoms with Gasteiger partial charge in [-0.1, -0.05) is 78.9 Å². The molecule has 0 atom stereocenters. The first-order chi connectivity index (χ1) is 14.8. The van der Waals surface area contributed by atoms with Crippen molar-refractivity contribution in [2.75, 3.05) is 0 Å². The van der Waals surface area contributed by atoms with Crippen LogP contribution in [-0.4, -0.2) is 15.7 Å². The lowest BCUT2D eigenvalue weighted by atomic mass is 9.98. The summed E-state index contributed by atoms with van der Waals surface area (Å²) in [4.78, 5) is 12.3. The molecule has 0 aliphatic rings. The highest BCUT2D eigenvalue weighted by molar-refractivity contribution is 5.77. The Hall–Kier alpha value is -3.66. The second kappa shape index (κ2) is 9.70. The first-order valence-electron chi connectivity index (χ1n) is 10.2. The Morgan fingerprint density at radius 2 is 1.60 bits per heavy atom. The summed E-state index contributed by atoms with van der Waals surface area (Å²) in [7, 11) is 0. The van der Waals surface area contributed by atoms with E-state index < -0.39 is 0 Å². The molecular formula is C26H25N3O. The molecule has 1 heterocycles. The highest BCUT2D eigenvalue weighted by atomic mass is 16.1. The van der Waals surface area contributed by atoms with Crippen LogP contribution in [0.1, 0.15) is 23.1 Å². The van der Waals surface area contributed by atoms with Gasteiger partial charge >= 0.3 is 0 Å². The van der Waals surface area contributed by atoms with Gasteiger partial charge in [-0.05, 0) is 40.3 Å². The summed E-state index contributed by atoms with van der Waals surface area (Å²) >= 11 is 0. The second-order valence-electron chi connectivity index (χ2n) is 7.32. The normalized spacial score (nSPS) is 10.7. The van der Waals surface area contributed by atoms with Gasteiger partial charge in [0.05, 0.1) is 6.54 Å². The Kier molecular flexibility index (Phi) is 6.35. The van der Waals surface area contributed by atoms with E-state index >= 15 is 0 Å². The van der Waals surface area contributed by atoms with Crippen LogP contribution in [0.4, 0.5) is 0 Å². The van der Waals surface area contributed by atoms with Crippen molar-refractivity contribution in [3.05, 3.63) is 114 Å². The zero-order valence-corrected chi connectivity index (χ0v) is 16.9. The van der Waals surface area contributed by atoms with Gasteiger partial charge in [0.2, 0.25) is 5.91 Å². The highest BCUT2D eigenvalue weighted by Crippen LogP contribution is 2.24. The van der Waals surface area contributed by atoms with E-state index in [4.69, 9.17) is 0 Å². The summed E-state index contributed by atoms with van der Waals surface area (Å²) in [5, 5.41) is 7.33. The van der Waals surface area contributed by atoms with Gasteiger partial charge in [-0.2, -0.15) is 5.10 Å². The Balaban J connectivity index is 1.38. The van der Waals surface area contributed by atoms with E-state index in [0.29, 0.717) is 13.0 Å². The van der Waals surface area contributed by atoms with Crippen molar-refractivity contribution >= 4 is 5.91 Å². The number of amides is 1. The zero-order valence-electron chi connectivity index (χ0n) is 16.9. The van der Waals surface area contributed by atoms with Crippen molar-refractivity contribution in [1.29, 1.82) is 0 Å². The predicted octanol–water partition coefficient (Wildman–Crippen LogP) is 4.85. The smallest absolute Gasteiger partial charge is 0.220 e. The fourth-order valence-electron chi connectivity index (χ4n) is 3.51. The van der Waals surface area contributed by atoms with Crippen LogP contribution in [0, 0.1) is 0 Å². The number of aromatic nitrogens is 2. The first kappa shape index (κ1) is 19.6. The van der Waals surface area contributed by atoms with E-state index in [0.717, 1.165) is 29.7 Å². The predicted molar refractivity (Wildman–Crippen MR) is 120 cm³/mol. The van der Waals surface area contributed by atoms with Gasteiger partial charge in [0.15, 0.2) is 0 Å².